The predicted molar refractivity (Wildman–Crippen MR) is 88.3 cm³/mol. The van der Waals surface area contributed by atoms with Gasteiger partial charge in [0.05, 0.1) is 0 Å². The highest BCUT2D eigenvalue weighted by Gasteiger charge is 2.32. The van der Waals surface area contributed by atoms with Gasteiger partial charge in [-0.25, -0.2) is 0 Å². The van der Waals surface area contributed by atoms with E-state index in [9.17, 15) is 4.79 Å². The molecule has 0 aromatic rings. The summed E-state index contributed by atoms with van der Waals surface area (Å²) in [6.45, 7) is 7.49. The van der Waals surface area contributed by atoms with Gasteiger partial charge in [-0.3, -0.25) is 4.79 Å². The first-order chi connectivity index (χ1) is 10.2. The molecule has 1 aliphatic carbocycles. The summed E-state index contributed by atoms with van der Waals surface area (Å²) in [6.07, 6.45) is 11.2. The van der Waals surface area contributed by atoms with E-state index in [1.54, 1.807) is 0 Å². The number of carbonyl (C=O) groups excluding carboxylic acids is 1. The van der Waals surface area contributed by atoms with Gasteiger partial charge in [0.1, 0.15) is 0 Å². The summed E-state index contributed by atoms with van der Waals surface area (Å²) in [6, 6.07) is 0.523. The van der Waals surface area contributed by atoms with Crippen LogP contribution >= 0.6 is 0 Å². The standard InChI is InChI=1S/C18H34N2O/c1-3-8-15-12-18(21)20(13-15)14-17(19-11-4-2)16-9-6-5-7-10-16/h15-17,19H,3-14H2,1-2H3. The van der Waals surface area contributed by atoms with E-state index < -0.39 is 0 Å². The van der Waals surface area contributed by atoms with E-state index in [-0.39, 0.29) is 0 Å². The second-order valence-electron chi connectivity index (χ2n) is 7.12. The van der Waals surface area contributed by atoms with E-state index in [1.807, 2.05) is 0 Å². The fourth-order valence-electron chi connectivity index (χ4n) is 4.12. The summed E-state index contributed by atoms with van der Waals surface area (Å²) < 4.78 is 0. The molecule has 0 bridgehead atoms. The van der Waals surface area contributed by atoms with Crippen molar-refractivity contribution in [1.29, 1.82) is 0 Å². The normalized spacial score (nSPS) is 25.5. The lowest BCUT2D eigenvalue weighted by Gasteiger charge is -2.34. The molecule has 2 fully saturated rings. The van der Waals surface area contributed by atoms with Gasteiger partial charge in [0.25, 0.3) is 0 Å². The smallest absolute Gasteiger partial charge is 0.222 e. The number of nitrogens with zero attached hydrogens (tertiary/aromatic N) is 1. The minimum absolute atomic E-state index is 0.396. The topological polar surface area (TPSA) is 32.3 Å². The zero-order valence-corrected chi connectivity index (χ0v) is 14.1. The maximum absolute atomic E-state index is 12.2. The number of rotatable bonds is 8. The highest BCUT2D eigenvalue weighted by molar-refractivity contribution is 5.78. The Morgan fingerprint density at radius 3 is 2.62 bits per heavy atom. The quantitative estimate of drug-likeness (QED) is 0.742. The first-order valence-corrected chi connectivity index (χ1v) is 9.25. The molecule has 1 saturated heterocycles. The summed E-state index contributed by atoms with van der Waals surface area (Å²) in [4.78, 5) is 14.4. The van der Waals surface area contributed by atoms with E-state index in [1.165, 1.54) is 51.4 Å². The van der Waals surface area contributed by atoms with Crippen molar-refractivity contribution in [3.63, 3.8) is 0 Å². The Bertz CT molecular complexity index is 312. The molecule has 21 heavy (non-hydrogen) atoms. The molecule has 2 rings (SSSR count). The molecular weight excluding hydrogens is 260 g/mol. The second-order valence-corrected chi connectivity index (χ2v) is 7.12. The Hall–Kier alpha value is -0.570. The lowest BCUT2D eigenvalue weighted by molar-refractivity contribution is -0.128. The van der Waals surface area contributed by atoms with Gasteiger partial charge in [0.2, 0.25) is 5.91 Å². The van der Waals surface area contributed by atoms with Crippen LogP contribution in [0, 0.1) is 11.8 Å². The Morgan fingerprint density at radius 2 is 1.95 bits per heavy atom. The van der Waals surface area contributed by atoms with E-state index >= 15 is 0 Å². The third kappa shape index (κ3) is 4.98. The van der Waals surface area contributed by atoms with Crippen molar-refractivity contribution in [2.24, 2.45) is 11.8 Å². The first-order valence-electron chi connectivity index (χ1n) is 9.25. The number of likely N-dealkylation sites (tertiary alicyclic amines) is 1. The van der Waals surface area contributed by atoms with Gasteiger partial charge in [-0.15, -0.1) is 0 Å². The first kappa shape index (κ1) is 16.8. The van der Waals surface area contributed by atoms with Crippen molar-refractivity contribution in [3.05, 3.63) is 0 Å². The lowest BCUT2D eigenvalue weighted by Crippen LogP contribution is -2.47. The molecule has 3 heteroatoms. The Labute approximate surface area is 130 Å². The minimum Gasteiger partial charge on any atom is -0.341 e. The number of amides is 1. The molecule has 1 N–H and O–H groups in total. The van der Waals surface area contributed by atoms with Crippen molar-refractivity contribution >= 4 is 5.91 Å². The molecule has 0 aromatic heterocycles. The SMILES string of the molecule is CCCNC(CN1CC(CCC)CC1=O)C1CCCCC1. The zero-order chi connectivity index (χ0) is 15.1. The number of hydrogen-bond donors (Lipinski definition) is 1. The molecule has 1 saturated carbocycles. The molecule has 1 heterocycles. The van der Waals surface area contributed by atoms with Gasteiger partial charge in [-0.1, -0.05) is 39.5 Å². The largest absolute Gasteiger partial charge is 0.341 e. The highest BCUT2D eigenvalue weighted by Crippen LogP contribution is 2.29. The van der Waals surface area contributed by atoms with Crippen molar-refractivity contribution in [2.45, 2.75) is 77.7 Å². The van der Waals surface area contributed by atoms with Crippen molar-refractivity contribution in [2.75, 3.05) is 19.6 Å². The van der Waals surface area contributed by atoms with Gasteiger partial charge >= 0.3 is 0 Å². The van der Waals surface area contributed by atoms with Crippen LogP contribution in [0.3, 0.4) is 0 Å². The average Bonchev–Trinajstić information content (AvgIpc) is 2.84. The van der Waals surface area contributed by atoms with Crippen LogP contribution < -0.4 is 5.32 Å². The average molecular weight is 294 g/mol. The maximum Gasteiger partial charge on any atom is 0.222 e. The second kappa shape index (κ2) is 8.77. The van der Waals surface area contributed by atoms with Crippen LogP contribution in [0.25, 0.3) is 0 Å². The van der Waals surface area contributed by atoms with Crippen molar-refractivity contribution < 1.29 is 4.79 Å². The maximum atomic E-state index is 12.2. The minimum atomic E-state index is 0.396. The molecule has 2 aliphatic rings. The van der Waals surface area contributed by atoms with Gasteiger partial charge in [0, 0.05) is 25.6 Å². The van der Waals surface area contributed by atoms with Crippen molar-refractivity contribution in [1.82, 2.24) is 10.2 Å². The van der Waals surface area contributed by atoms with E-state index in [0.717, 1.165) is 32.0 Å². The van der Waals surface area contributed by atoms with Crippen LogP contribution in [0.5, 0.6) is 0 Å². The number of carbonyl (C=O) groups is 1. The molecule has 3 nitrogen and oxygen atoms in total. The third-order valence-corrected chi connectivity index (χ3v) is 5.28. The molecule has 1 amide bonds. The van der Waals surface area contributed by atoms with E-state index in [4.69, 9.17) is 0 Å². The van der Waals surface area contributed by atoms with Gasteiger partial charge in [-0.05, 0) is 44.1 Å². The molecule has 0 radical (unpaired) electrons. The van der Waals surface area contributed by atoms with Gasteiger partial charge < -0.3 is 10.2 Å². The Kier molecular flexibility index (Phi) is 7.01. The van der Waals surface area contributed by atoms with Crippen LogP contribution in [0.15, 0.2) is 0 Å². The lowest BCUT2D eigenvalue weighted by atomic mass is 9.83. The summed E-state index contributed by atoms with van der Waals surface area (Å²) in [5.41, 5.74) is 0. The fraction of sp³-hybridized carbons (Fsp3) is 0.944. The molecule has 0 aromatic carbocycles. The highest BCUT2D eigenvalue weighted by atomic mass is 16.2. The molecule has 0 spiro atoms. The monoisotopic (exact) mass is 294 g/mol. The van der Waals surface area contributed by atoms with E-state index in [0.29, 0.717) is 17.9 Å². The summed E-state index contributed by atoms with van der Waals surface area (Å²) in [7, 11) is 0. The predicted octanol–water partition coefficient (Wildman–Crippen LogP) is 3.58. The van der Waals surface area contributed by atoms with Crippen LogP contribution in [0.1, 0.15) is 71.6 Å². The van der Waals surface area contributed by atoms with Crippen LogP contribution in [-0.2, 0) is 4.79 Å². The molecular formula is C18H34N2O. The summed E-state index contributed by atoms with van der Waals surface area (Å²) >= 11 is 0. The molecule has 122 valence electrons. The van der Waals surface area contributed by atoms with E-state index in [2.05, 4.69) is 24.1 Å². The summed E-state index contributed by atoms with van der Waals surface area (Å²) in [5, 5.41) is 3.74. The number of nitrogens with one attached hydrogen (secondary N) is 1. The Morgan fingerprint density at radius 1 is 1.19 bits per heavy atom. The number of hydrogen-bond acceptors (Lipinski definition) is 2. The molecule has 2 atom stereocenters. The van der Waals surface area contributed by atoms with Crippen molar-refractivity contribution in [3.8, 4) is 0 Å². The molecule has 1 aliphatic heterocycles. The van der Waals surface area contributed by atoms with Gasteiger partial charge in [0.15, 0.2) is 0 Å². The molecule has 2 unspecified atom stereocenters. The third-order valence-electron chi connectivity index (χ3n) is 5.28. The fourth-order valence-corrected chi connectivity index (χ4v) is 4.12. The van der Waals surface area contributed by atoms with Crippen LogP contribution in [0.4, 0.5) is 0 Å². The Balaban J connectivity index is 1.89. The van der Waals surface area contributed by atoms with Crippen LogP contribution in [0.2, 0.25) is 0 Å². The van der Waals surface area contributed by atoms with Crippen LogP contribution in [-0.4, -0.2) is 36.5 Å². The zero-order valence-electron chi connectivity index (χ0n) is 14.1. The van der Waals surface area contributed by atoms with Gasteiger partial charge in [-0.2, -0.15) is 0 Å². The summed E-state index contributed by atoms with van der Waals surface area (Å²) in [5.74, 6) is 1.79.